The zero-order valence-electron chi connectivity index (χ0n) is 26.5. The molecule has 240 valence electrons. The Morgan fingerprint density at radius 3 is 1.86 bits per heavy atom. The van der Waals surface area contributed by atoms with Crippen molar-refractivity contribution in [3.63, 3.8) is 0 Å². The first kappa shape index (κ1) is 35.5. The smallest absolute Gasteiger partial charge is 0.338 e. The zero-order chi connectivity index (χ0) is 30.6. The number of ether oxygens (including phenoxy) is 2. The molecule has 1 aliphatic rings. The number of quaternary nitrogens is 1. The van der Waals surface area contributed by atoms with Gasteiger partial charge in [0.25, 0.3) is 0 Å². The van der Waals surface area contributed by atoms with Crippen molar-refractivity contribution in [3.05, 3.63) is 65.7 Å². The van der Waals surface area contributed by atoms with Crippen molar-refractivity contribution < 1.29 is 28.2 Å². The van der Waals surface area contributed by atoms with Crippen LogP contribution in [-0.4, -0.2) is 57.0 Å². The SMILES string of the molecule is C[N+]1(Cc2ccc(C(=O)OCCCCCCCCCCCCCCCCNP(=O)([O-])c3ccccc3)cc2)CCOCC1. The van der Waals surface area contributed by atoms with Crippen LogP contribution in [0.1, 0.15) is 106 Å². The minimum atomic E-state index is -3.68. The highest BCUT2D eigenvalue weighted by Crippen LogP contribution is 2.28. The van der Waals surface area contributed by atoms with Gasteiger partial charge >= 0.3 is 5.97 Å². The maximum atomic E-state index is 12.4. The van der Waals surface area contributed by atoms with Gasteiger partial charge in [-0.2, -0.15) is 0 Å². The fourth-order valence-electron chi connectivity index (χ4n) is 5.67. The molecule has 1 unspecified atom stereocenters. The van der Waals surface area contributed by atoms with E-state index in [4.69, 9.17) is 9.47 Å². The van der Waals surface area contributed by atoms with Gasteiger partial charge in [0, 0.05) is 17.4 Å². The molecule has 43 heavy (non-hydrogen) atoms. The van der Waals surface area contributed by atoms with E-state index in [0.717, 1.165) is 63.0 Å². The molecule has 0 bridgehead atoms. The summed E-state index contributed by atoms with van der Waals surface area (Å²) in [7, 11) is -1.41. The van der Waals surface area contributed by atoms with E-state index in [0.29, 0.717) is 24.0 Å². The summed E-state index contributed by atoms with van der Waals surface area (Å²) in [6.07, 6.45) is 16.7. The van der Waals surface area contributed by atoms with Crippen LogP contribution < -0.4 is 15.3 Å². The molecule has 8 heteroatoms. The van der Waals surface area contributed by atoms with Crippen LogP contribution in [0.5, 0.6) is 0 Å². The van der Waals surface area contributed by atoms with Crippen molar-refractivity contribution in [1.82, 2.24) is 5.09 Å². The van der Waals surface area contributed by atoms with Gasteiger partial charge in [-0.15, -0.1) is 0 Å². The van der Waals surface area contributed by atoms with E-state index in [2.05, 4.69) is 24.3 Å². The average Bonchev–Trinajstić information content (AvgIpc) is 3.01. The van der Waals surface area contributed by atoms with E-state index >= 15 is 0 Å². The fraction of sp³-hybridized carbons (Fsp3) is 0.629. The van der Waals surface area contributed by atoms with Crippen molar-refractivity contribution in [1.29, 1.82) is 0 Å². The molecule has 2 aromatic carbocycles. The predicted octanol–water partition coefficient (Wildman–Crippen LogP) is 6.75. The highest BCUT2D eigenvalue weighted by Gasteiger charge is 2.25. The average molecular weight is 615 g/mol. The summed E-state index contributed by atoms with van der Waals surface area (Å²) in [5.41, 5.74) is 1.89. The van der Waals surface area contributed by atoms with Gasteiger partial charge in [0.15, 0.2) is 0 Å². The lowest BCUT2D eigenvalue weighted by molar-refractivity contribution is -0.929. The van der Waals surface area contributed by atoms with E-state index in [1.165, 1.54) is 69.8 Å². The molecule has 0 aromatic heterocycles. The molecule has 0 saturated carbocycles. The van der Waals surface area contributed by atoms with Crippen LogP contribution >= 0.6 is 7.52 Å². The van der Waals surface area contributed by atoms with Crippen LogP contribution in [-0.2, 0) is 20.6 Å². The lowest BCUT2D eigenvalue weighted by Gasteiger charge is -2.37. The van der Waals surface area contributed by atoms with Crippen molar-refractivity contribution in [2.45, 2.75) is 96.4 Å². The summed E-state index contributed by atoms with van der Waals surface area (Å²) in [6, 6.07) is 16.5. The van der Waals surface area contributed by atoms with Crippen molar-refractivity contribution in [3.8, 4) is 0 Å². The second-order valence-corrected chi connectivity index (χ2v) is 14.4. The fourth-order valence-corrected chi connectivity index (χ4v) is 6.87. The molecule has 0 aliphatic carbocycles. The van der Waals surface area contributed by atoms with Crippen LogP contribution in [0.4, 0.5) is 0 Å². The van der Waals surface area contributed by atoms with Gasteiger partial charge in [-0.05, 0) is 25.0 Å². The third-order valence-corrected chi connectivity index (χ3v) is 10.1. The van der Waals surface area contributed by atoms with Crippen LogP contribution in [0.3, 0.4) is 0 Å². The molecule has 2 aromatic rings. The molecule has 0 radical (unpaired) electrons. The van der Waals surface area contributed by atoms with Gasteiger partial charge in [-0.3, -0.25) is 5.09 Å². The molecule has 0 amide bonds. The Bertz CT molecular complexity index is 1070. The highest BCUT2D eigenvalue weighted by atomic mass is 31.2. The lowest BCUT2D eigenvalue weighted by Crippen LogP contribution is -2.51. The second-order valence-electron chi connectivity index (χ2n) is 12.4. The number of esters is 1. The number of likely N-dealkylation sites (N-methyl/N-ethyl adjacent to an activating group) is 1. The third kappa shape index (κ3) is 14.5. The number of benzene rings is 2. The first-order valence-corrected chi connectivity index (χ1v) is 18.3. The number of nitrogens with one attached hydrogen (secondary N) is 1. The van der Waals surface area contributed by atoms with E-state index in [1.54, 1.807) is 24.3 Å². The van der Waals surface area contributed by atoms with Crippen LogP contribution in [0, 0.1) is 0 Å². The zero-order valence-corrected chi connectivity index (χ0v) is 27.4. The second kappa shape index (κ2) is 20.1. The Hall–Kier alpha value is -2.02. The van der Waals surface area contributed by atoms with Crippen molar-refractivity contribution >= 4 is 18.8 Å². The molecule has 1 fully saturated rings. The van der Waals surface area contributed by atoms with Gasteiger partial charge in [0.1, 0.15) is 27.2 Å². The predicted molar refractivity (Wildman–Crippen MR) is 173 cm³/mol. The van der Waals surface area contributed by atoms with Crippen LogP contribution in [0.25, 0.3) is 0 Å². The summed E-state index contributed by atoms with van der Waals surface area (Å²) in [5, 5.41) is 3.09. The Morgan fingerprint density at radius 1 is 0.791 bits per heavy atom. The Kier molecular flexibility index (Phi) is 16.6. The standard InChI is InChI=1S/C35H55N2O5P/c1-37(26-29-41-30-27-37)31-32-21-23-33(24-22-32)35(38)42-28-18-13-11-9-7-5-3-2-4-6-8-10-12-17-25-36-43(39,40)34-19-15-14-16-20-34/h14-16,19-24H,2-13,17-18,25-31H2,1H3,(H-,36,39,40). The van der Waals surface area contributed by atoms with E-state index in [-0.39, 0.29) is 5.97 Å². The first-order valence-electron chi connectivity index (χ1n) is 16.7. The summed E-state index contributed by atoms with van der Waals surface area (Å²) in [6.45, 7) is 5.67. The maximum absolute atomic E-state index is 12.4. The number of morpholine rings is 1. The molecular weight excluding hydrogens is 559 g/mol. The number of rotatable bonds is 22. The third-order valence-electron chi connectivity index (χ3n) is 8.53. The van der Waals surface area contributed by atoms with Crippen molar-refractivity contribution in [2.24, 2.45) is 0 Å². The number of hydrogen-bond donors (Lipinski definition) is 1. The number of carbonyl (C=O) groups excluding carboxylic acids is 1. The minimum Gasteiger partial charge on any atom is -0.784 e. The molecule has 1 saturated heterocycles. The Balaban J connectivity index is 1.06. The lowest BCUT2D eigenvalue weighted by atomic mass is 10.0. The summed E-state index contributed by atoms with van der Waals surface area (Å²) in [5.74, 6) is -0.218. The van der Waals surface area contributed by atoms with Gasteiger partial charge < -0.3 is 23.4 Å². The summed E-state index contributed by atoms with van der Waals surface area (Å²) in [4.78, 5) is 24.6. The van der Waals surface area contributed by atoms with Gasteiger partial charge in [-0.1, -0.05) is 120 Å². The quantitative estimate of drug-likeness (QED) is 0.0683. The van der Waals surface area contributed by atoms with Gasteiger partial charge in [-0.25, -0.2) is 4.79 Å². The molecule has 1 aliphatic heterocycles. The number of carbonyl (C=O) groups is 1. The van der Waals surface area contributed by atoms with Crippen molar-refractivity contribution in [2.75, 3.05) is 46.5 Å². The molecule has 7 nitrogen and oxygen atoms in total. The van der Waals surface area contributed by atoms with Crippen LogP contribution in [0.15, 0.2) is 54.6 Å². The molecule has 1 atom stereocenters. The summed E-state index contributed by atoms with van der Waals surface area (Å²) < 4.78 is 24.2. The largest absolute Gasteiger partial charge is 0.784 e. The monoisotopic (exact) mass is 614 g/mol. The minimum absolute atomic E-state index is 0.218. The molecule has 3 rings (SSSR count). The van der Waals surface area contributed by atoms with E-state index in [9.17, 15) is 14.3 Å². The maximum Gasteiger partial charge on any atom is 0.338 e. The van der Waals surface area contributed by atoms with Gasteiger partial charge in [0.05, 0.1) is 32.4 Å². The van der Waals surface area contributed by atoms with E-state index < -0.39 is 7.52 Å². The summed E-state index contributed by atoms with van der Waals surface area (Å²) >= 11 is 0. The first-order chi connectivity index (χ1) is 20.9. The molecule has 1 N–H and O–H groups in total. The Morgan fingerprint density at radius 2 is 1.30 bits per heavy atom. The Labute approximate surface area is 260 Å². The molecule has 1 heterocycles. The molecular formula is C35H55N2O5P. The number of unbranched alkanes of at least 4 members (excludes halogenated alkanes) is 13. The molecule has 0 spiro atoms. The van der Waals surface area contributed by atoms with E-state index in [1.807, 2.05) is 18.2 Å². The number of hydrogen-bond acceptors (Lipinski definition) is 5. The topological polar surface area (TPSA) is 87.7 Å². The normalized spacial score (nSPS) is 16.0. The van der Waals surface area contributed by atoms with Gasteiger partial charge in [0.2, 0.25) is 0 Å². The number of nitrogens with zero attached hydrogens (tertiary/aromatic N) is 1. The highest BCUT2D eigenvalue weighted by molar-refractivity contribution is 7.62. The van der Waals surface area contributed by atoms with Crippen LogP contribution in [0.2, 0.25) is 0 Å².